The molecule has 2 N–H and O–H groups in total. The Morgan fingerprint density at radius 2 is 1.88 bits per heavy atom. The third-order valence-electron chi connectivity index (χ3n) is 3.14. The second-order valence-corrected chi connectivity index (χ2v) is 6.89. The van der Waals surface area contributed by atoms with Crippen LogP contribution in [-0.4, -0.2) is 35.6 Å². The summed E-state index contributed by atoms with van der Waals surface area (Å²) in [6.45, 7) is 0.692. The van der Waals surface area contributed by atoms with Crippen molar-refractivity contribution >= 4 is 46.8 Å². The summed E-state index contributed by atoms with van der Waals surface area (Å²) in [5, 5.41) is 6.20. The zero-order valence-electron chi connectivity index (χ0n) is 13.3. The highest BCUT2D eigenvalue weighted by molar-refractivity contribution is 7.99. The van der Waals surface area contributed by atoms with Crippen LogP contribution >= 0.6 is 35.0 Å². The molecule has 0 aliphatic heterocycles. The first-order chi connectivity index (χ1) is 12.1. The van der Waals surface area contributed by atoms with Gasteiger partial charge in [0.05, 0.1) is 15.8 Å². The molecule has 0 aliphatic rings. The Balaban J connectivity index is 1.61. The minimum absolute atomic E-state index is 0.0716. The molecule has 25 heavy (non-hydrogen) atoms. The normalized spacial score (nSPS) is 10.3. The van der Waals surface area contributed by atoms with Gasteiger partial charge < -0.3 is 10.6 Å². The van der Waals surface area contributed by atoms with E-state index in [9.17, 15) is 9.59 Å². The average molecular weight is 398 g/mol. The third kappa shape index (κ3) is 6.94. The zero-order valence-corrected chi connectivity index (χ0v) is 15.6. The first-order valence-corrected chi connectivity index (χ1v) is 9.44. The lowest BCUT2D eigenvalue weighted by atomic mass is 10.2. The molecule has 132 valence electrons. The molecule has 8 heteroatoms. The number of hydrogen-bond acceptors (Lipinski definition) is 4. The van der Waals surface area contributed by atoms with Crippen molar-refractivity contribution in [1.29, 1.82) is 0 Å². The maximum atomic E-state index is 11.9. The van der Waals surface area contributed by atoms with Crippen LogP contribution in [0.3, 0.4) is 0 Å². The summed E-state index contributed by atoms with van der Waals surface area (Å²) in [6, 6.07) is 8.51. The molecule has 0 atom stereocenters. The number of thioether (sulfide) groups is 1. The molecule has 1 heterocycles. The van der Waals surface area contributed by atoms with Crippen molar-refractivity contribution in [3.63, 3.8) is 0 Å². The van der Waals surface area contributed by atoms with Crippen molar-refractivity contribution in [2.45, 2.75) is 5.75 Å². The van der Waals surface area contributed by atoms with Crippen molar-refractivity contribution in [2.75, 3.05) is 18.8 Å². The van der Waals surface area contributed by atoms with E-state index in [0.717, 1.165) is 11.3 Å². The van der Waals surface area contributed by atoms with Crippen molar-refractivity contribution in [3.05, 3.63) is 63.9 Å². The molecule has 0 unspecified atom stereocenters. The Labute approximate surface area is 160 Å². The molecule has 0 bridgehead atoms. The fraction of sp³-hybridized carbons (Fsp3) is 0.235. The van der Waals surface area contributed by atoms with Crippen LogP contribution in [0, 0.1) is 0 Å². The predicted octanol–water partition coefficient (Wildman–Crippen LogP) is 3.17. The minimum atomic E-state index is -0.265. The third-order valence-corrected chi connectivity index (χ3v) is 4.88. The molecular formula is C17H17Cl2N3O2S. The molecular weight excluding hydrogens is 381 g/mol. The van der Waals surface area contributed by atoms with E-state index in [4.69, 9.17) is 23.2 Å². The summed E-state index contributed by atoms with van der Waals surface area (Å²) in [7, 11) is 0. The molecule has 5 nitrogen and oxygen atoms in total. The zero-order chi connectivity index (χ0) is 18.1. The average Bonchev–Trinajstić information content (AvgIpc) is 2.62. The Morgan fingerprint density at radius 3 is 2.60 bits per heavy atom. The molecule has 2 rings (SSSR count). The van der Waals surface area contributed by atoms with E-state index in [1.165, 1.54) is 17.8 Å². The lowest BCUT2D eigenvalue weighted by molar-refractivity contribution is -0.118. The number of carbonyl (C=O) groups excluding carboxylic acids is 2. The Bertz CT molecular complexity index is 729. The van der Waals surface area contributed by atoms with Gasteiger partial charge in [0.25, 0.3) is 5.91 Å². The highest BCUT2D eigenvalue weighted by Crippen LogP contribution is 2.22. The van der Waals surface area contributed by atoms with Crippen LogP contribution in [0.25, 0.3) is 0 Å². The molecule has 0 aliphatic carbocycles. The van der Waals surface area contributed by atoms with E-state index in [1.54, 1.807) is 24.5 Å². The second-order valence-electron chi connectivity index (χ2n) is 5.09. The van der Waals surface area contributed by atoms with Crippen LogP contribution in [0.4, 0.5) is 0 Å². The second kappa shape index (κ2) is 10.3. The molecule has 0 fully saturated rings. The van der Waals surface area contributed by atoms with Crippen molar-refractivity contribution in [3.8, 4) is 0 Å². The molecule has 2 aromatic rings. The molecule has 1 aromatic heterocycles. The van der Waals surface area contributed by atoms with Crippen molar-refractivity contribution in [2.24, 2.45) is 0 Å². The standard InChI is InChI=1S/C17H17Cl2N3O2S/c18-14-4-3-13(8-15(14)19)17(24)22-7-6-21-16(23)11-25-10-12-2-1-5-20-9-12/h1-5,8-9H,6-7,10-11H2,(H,21,23)(H,22,24). The fourth-order valence-electron chi connectivity index (χ4n) is 1.91. The van der Waals surface area contributed by atoms with E-state index >= 15 is 0 Å². The highest BCUT2D eigenvalue weighted by Gasteiger charge is 2.08. The van der Waals surface area contributed by atoms with Gasteiger partial charge in [0.2, 0.25) is 5.91 Å². The van der Waals surface area contributed by atoms with Crippen LogP contribution in [0.5, 0.6) is 0 Å². The van der Waals surface area contributed by atoms with Crippen molar-refractivity contribution < 1.29 is 9.59 Å². The maximum Gasteiger partial charge on any atom is 0.251 e. The smallest absolute Gasteiger partial charge is 0.251 e. The molecule has 1 aromatic carbocycles. The van der Waals surface area contributed by atoms with Crippen LogP contribution < -0.4 is 10.6 Å². The van der Waals surface area contributed by atoms with E-state index < -0.39 is 0 Å². The fourth-order valence-corrected chi connectivity index (χ4v) is 3.01. The van der Waals surface area contributed by atoms with Gasteiger partial charge in [-0.2, -0.15) is 0 Å². The van der Waals surface area contributed by atoms with Gasteiger partial charge in [-0.25, -0.2) is 0 Å². The Kier molecular flexibility index (Phi) is 8.04. The number of benzene rings is 1. The number of nitrogens with zero attached hydrogens (tertiary/aromatic N) is 1. The van der Waals surface area contributed by atoms with Gasteiger partial charge in [0.1, 0.15) is 0 Å². The quantitative estimate of drug-likeness (QED) is 0.671. The summed E-state index contributed by atoms with van der Waals surface area (Å²) >= 11 is 13.2. The van der Waals surface area contributed by atoms with Crippen LogP contribution in [0.2, 0.25) is 10.0 Å². The van der Waals surface area contributed by atoms with Gasteiger partial charge in [-0.15, -0.1) is 11.8 Å². The lowest BCUT2D eigenvalue weighted by Gasteiger charge is -2.08. The van der Waals surface area contributed by atoms with Gasteiger partial charge >= 0.3 is 0 Å². The number of aromatic nitrogens is 1. The monoisotopic (exact) mass is 397 g/mol. The maximum absolute atomic E-state index is 11.9. The SMILES string of the molecule is O=C(CSCc1cccnc1)NCCNC(=O)c1ccc(Cl)c(Cl)c1. The summed E-state index contributed by atoms with van der Waals surface area (Å²) in [5.41, 5.74) is 1.50. The summed E-state index contributed by atoms with van der Waals surface area (Å²) in [6.07, 6.45) is 3.50. The van der Waals surface area contributed by atoms with Gasteiger partial charge in [-0.3, -0.25) is 14.6 Å². The first-order valence-electron chi connectivity index (χ1n) is 7.53. The van der Waals surface area contributed by atoms with Crippen LogP contribution in [0.1, 0.15) is 15.9 Å². The van der Waals surface area contributed by atoms with E-state index in [1.807, 2.05) is 12.1 Å². The van der Waals surface area contributed by atoms with Crippen LogP contribution in [-0.2, 0) is 10.5 Å². The number of nitrogens with one attached hydrogen (secondary N) is 2. The number of amides is 2. The Hall–Kier alpha value is -1.76. The Morgan fingerprint density at radius 1 is 1.08 bits per heavy atom. The summed E-state index contributed by atoms with van der Waals surface area (Å²) in [4.78, 5) is 27.7. The molecule has 2 amide bonds. The molecule has 0 spiro atoms. The number of halogens is 2. The lowest BCUT2D eigenvalue weighted by Crippen LogP contribution is -2.35. The van der Waals surface area contributed by atoms with Crippen LogP contribution in [0.15, 0.2) is 42.7 Å². The van der Waals surface area contributed by atoms with E-state index in [0.29, 0.717) is 34.5 Å². The molecule has 0 saturated carbocycles. The first kappa shape index (κ1) is 19.6. The topological polar surface area (TPSA) is 71.1 Å². The van der Waals surface area contributed by atoms with E-state index in [-0.39, 0.29) is 11.8 Å². The summed E-state index contributed by atoms with van der Waals surface area (Å²) < 4.78 is 0. The number of rotatable bonds is 8. The van der Waals surface area contributed by atoms with Crippen molar-refractivity contribution in [1.82, 2.24) is 15.6 Å². The number of carbonyl (C=O) groups is 2. The molecule has 0 radical (unpaired) electrons. The number of hydrogen-bond donors (Lipinski definition) is 2. The van der Waals surface area contributed by atoms with Gasteiger partial charge in [-0.1, -0.05) is 29.3 Å². The van der Waals surface area contributed by atoms with Gasteiger partial charge in [0, 0.05) is 36.8 Å². The predicted molar refractivity (Wildman–Crippen MR) is 102 cm³/mol. The minimum Gasteiger partial charge on any atom is -0.354 e. The summed E-state index contributed by atoms with van der Waals surface area (Å²) in [5.74, 6) is 0.752. The number of pyridine rings is 1. The largest absolute Gasteiger partial charge is 0.354 e. The van der Waals surface area contributed by atoms with Gasteiger partial charge in [0.15, 0.2) is 0 Å². The van der Waals surface area contributed by atoms with E-state index in [2.05, 4.69) is 15.6 Å². The van der Waals surface area contributed by atoms with Gasteiger partial charge in [-0.05, 0) is 29.8 Å². The molecule has 0 saturated heterocycles. The highest BCUT2D eigenvalue weighted by atomic mass is 35.5.